The van der Waals surface area contributed by atoms with E-state index >= 15 is 0 Å². The van der Waals surface area contributed by atoms with Crippen molar-refractivity contribution in [3.63, 3.8) is 0 Å². The average Bonchev–Trinajstić information content (AvgIpc) is 3.05. The third kappa shape index (κ3) is 3.59. The Morgan fingerprint density at radius 1 is 1.09 bits per heavy atom. The minimum Gasteiger partial charge on any atom is -0.439 e. The van der Waals surface area contributed by atoms with Crippen LogP contribution in [-0.4, -0.2) is 29.6 Å². The third-order valence-electron chi connectivity index (χ3n) is 10.5. The SMILES string of the molecule is CC(=O)OCO[C@H]1CC[C@@]2(C)[C@H](CC[C@@H]3[C@@H]2CC[C@]2(C)[C@@H](c4ccc(=O)oc4)CC[C@]32O)C1. The van der Waals surface area contributed by atoms with Gasteiger partial charge in [0.15, 0.2) is 6.79 Å². The van der Waals surface area contributed by atoms with E-state index in [9.17, 15) is 14.7 Å². The first kappa shape index (κ1) is 23.1. The summed E-state index contributed by atoms with van der Waals surface area (Å²) in [7, 11) is 0. The number of ether oxygens (including phenoxy) is 2. The summed E-state index contributed by atoms with van der Waals surface area (Å²) in [4.78, 5) is 22.5. The summed E-state index contributed by atoms with van der Waals surface area (Å²) in [6, 6.07) is 3.41. The Morgan fingerprint density at radius 3 is 2.64 bits per heavy atom. The monoisotopic (exact) mass is 458 g/mol. The lowest BCUT2D eigenvalue weighted by Crippen LogP contribution is -2.62. The zero-order valence-electron chi connectivity index (χ0n) is 20.2. The molecule has 0 radical (unpaired) electrons. The zero-order valence-corrected chi connectivity index (χ0v) is 20.2. The first-order valence-corrected chi connectivity index (χ1v) is 12.7. The van der Waals surface area contributed by atoms with Crippen molar-refractivity contribution in [1.82, 2.24) is 0 Å². The zero-order chi connectivity index (χ0) is 23.4. The van der Waals surface area contributed by atoms with Crippen LogP contribution in [0.15, 0.2) is 27.6 Å². The minimum atomic E-state index is -0.673. The van der Waals surface area contributed by atoms with E-state index in [0.29, 0.717) is 17.8 Å². The molecule has 4 saturated carbocycles. The molecule has 0 aromatic carbocycles. The van der Waals surface area contributed by atoms with E-state index in [2.05, 4.69) is 13.8 Å². The summed E-state index contributed by atoms with van der Waals surface area (Å²) < 4.78 is 16.1. The highest BCUT2D eigenvalue weighted by Crippen LogP contribution is 2.70. The van der Waals surface area contributed by atoms with Crippen molar-refractivity contribution < 1.29 is 23.8 Å². The Kier molecular flexibility index (Phi) is 5.76. The highest BCUT2D eigenvalue weighted by atomic mass is 16.7. The first-order valence-electron chi connectivity index (χ1n) is 12.7. The van der Waals surface area contributed by atoms with Gasteiger partial charge >= 0.3 is 11.6 Å². The van der Waals surface area contributed by atoms with Gasteiger partial charge in [-0.15, -0.1) is 0 Å². The van der Waals surface area contributed by atoms with Crippen LogP contribution in [0.2, 0.25) is 0 Å². The smallest absolute Gasteiger partial charge is 0.335 e. The molecule has 6 heteroatoms. The maximum atomic E-state index is 12.3. The quantitative estimate of drug-likeness (QED) is 0.516. The number of rotatable bonds is 4. The fourth-order valence-corrected chi connectivity index (χ4v) is 8.65. The van der Waals surface area contributed by atoms with Gasteiger partial charge in [-0.3, -0.25) is 4.79 Å². The van der Waals surface area contributed by atoms with E-state index in [4.69, 9.17) is 13.9 Å². The molecule has 6 nitrogen and oxygen atoms in total. The van der Waals surface area contributed by atoms with Crippen LogP contribution >= 0.6 is 0 Å². The number of hydrogen-bond acceptors (Lipinski definition) is 6. The maximum absolute atomic E-state index is 12.3. The molecule has 1 aromatic rings. The van der Waals surface area contributed by atoms with Crippen LogP contribution in [0.25, 0.3) is 0 Å². The summed E-state index contributed by atoms with van der Waals surface area (Å²) >= 11 is 0. The number of esters is 1. The molecule has 4 aliphatic carbocycles. The Balaban J connectivity index is 1.34. The molecule has 0 saturated heterocycles. The normalized spacial score (nSPS) is 44.4. The second-order valence-corrected chi connectivity index (χ2v) is 11.7. The highest BCUT2D eigenvalue weighted by Gasteiger charge is 2.67. The molecular weight excluding hydrogens is 420 g/mol. The molecule has 4 fully saturated rings. The molecule has 0 spiro atoms. The standard InChI is InChI=1S/C27H38O6/c1-17(28)32-16-33-20-8-11-25(2)19(14-20)5-6-23-22(25)9-12-26(3)21(10-13-27(23,26)30)18-4-7-24(29)31-15-18/h4,7,15,19-23,30H,5-6,8-14,16H2,1-3H3/t19-,20+,21-,22+,23-,25+,26-,27+/m1/s1. The van der Waals surface area contributed by atoms with E-state index in [1.807, 2.05) is 6.07 Å². The van der Waals surface area contributed by atoms with Gasteiger partial charge in [-0.25, -0.2) is 4.79 Å². The van der Waals surface area contributed by atoms with E-state index in [1.54, 1.807) is 6.26 Å². The second kappa shape index (κ2) is 8.23. The molecule has 0 unspecified atom stereocenters. The van der Waals surface area contributed by atoms with Gasteiger partial charge < -0.3 is 19.0 Å². The van der Waals surface area contributed by atoms with Crippen LogP contribution in [0, 0.1) is 28.6 Å². The van der Waals surface area contributed by atoms with Crippen molar-refractivity contribution >= 4 is 5.97 Å². The van der Waals surface area contributed by atoms with Crippen LogP contribution in [0.5, 0.6) is 0 Å². The van der Waals surface area contributed by atoms with Crippen LogP contribution in [0.3, 0.4) is 0 Å². The number of aliphatic hydroxyl groups is 1. The molecule has 0 amide bonds. The Hall–Kier alpha value is -1.66. The predicted octanol–water partition coefficient (Wildman–Crippen LogP) is 4.79. The van der Waals surface area contributed by atoms with Crippen LogP contribution in [0.4, 0.5) is 0 Å². The number of fused-ring (bicyclic) bond motifs is 5. The molecule has 0 bridgehead atoms. The van der Waals surface area contributed by atoms with Gasteiger partial charge in [-0.2, -0.15) is 0 Å². The van der Waals surface area contributed by atoms with Crippen molar-refractivity contribution in [1.29, 1.82) is 0 Å². The van der Waals surface area contributed by atoms with Gasteiger partial charge in [0, 0.05) is 18.4 Å². The summed E-state index contributed by atoms with van der Waals surface area (Å²) in [6.45, 7) is 6.20. The largest absolute Gasteiger partial charge is 0.439 e. The van der Waals surface area contributed by atoms with Gasteiger partial charge in [0.2, 0.25) is 0 Å². The van der Waals surface area contributed by atoms with Crippen LogP contribution in [0.1, 0.15) is 90.0 Å². The van der Waals surface area contributed by atoms with Gasteiger partial charge in [-0.1, -0.05) is 13.8 Å². The Morgan fingerprint density at radius 2 is 1.91 bits per heavy atom. The number of carbonyl (C=O) groups is 1. The average molecular weight is 459 g/mol. The van der Waals surface area contributed by atoms with Gasteiger partial charge in [0.1, 0.15) is 0 Å². The fourth-order valence-electron chi connectivity index (χ4n) is 8.65. The van der Waals surface area contributed by atoms with E-state index in [0.717, 1.165) is 63.4 Å². The molecule has 33 heavy (non-hydrogen) atoms. The Labute approximate surface area is 196 Å². The second-order valence-electron chi connectivity index (χ2n) is 11.7. The highest BCUT2D eigenvalue weighted by molar-refractivity contribution is 5.65. The molecule has 1 N–H and O–H groups in total. The molecule has 8 atom stereocenters. The number of hydrogen-bond donors (Lipinski definition) is 1. The summed E-state index contributed by atoms with van der Waals surface area (Å²) in [5.74, 6) is 1.35. The van der Waals surface area contributed by atoms with Crippen molar-refractivity contribution in [2.75, 3.05) is 6.79 Å². The van der Waals surface area contributed by atoms with Crippen LogP contribution in [-0.2, 0) is 14.3 Å². The lowest BCUT2D eigenvalue weighted by Gasteiger charge is -2.63. The molecule has 1 aromatic heterocycles. The topological polar surface area (TPSA) is 86.0 Å². The predicted molar refractivity (Wildman–Crippen MR) is 122 cm³/mol. The summed E-state index contributed by atoms with van der Waals surface area (Å²) in [5, 5.41) is 12.3. The van der Waals surface area contributed by atoms with Gasteiger partial charge in [0.05, 0.1) is 18.0 Å². The molecule has 1 heterocycles. The molecular formula is C27H38O6. The molecule has 182 valence electrons. The molecule has 5 rings (SSSR count). The molecule has 0 aliphatic heterocycles. The third-order valence-corrected chi connectivity index (χ3v) is 10.5. The van der Waals surface area contributed by atoms with Gasteiger partial charge in [0.25, 0.3) is 0 Å². The lowest BCUT2D eigenvalue weighted by molar-refractivity contribution is -0.211. The Bertz CT molecular complexity index is 936. The van der Waals surface area contributed by atoms with E-state index in [-0.39, 0.29) is 41.2 Å². The summed E-state index contributed by atoms with van der Waals surface area (Å²) in [5.41, 5.74) is 0.0878. The van der Waals surface area contributed by atoms with E-state index < -0.39 is 5.60 Å². The lowest BCUT2D eigenvalue weighted by atomic mass is 9.43. The van der Waals surface area contributed by atoms with E-state index in [1.165, 1.54) is 13.0 Å². The number of carbonyl (C=O) groups excluding carboxylic acids is 1. The minimum absolute atomic E-state index is 0.0502. The van der Waals surface area contributed by atoms with Crippen molar-refractivity contribution in [3.05, 3.63) is 34.4 Å². The summed E-state index contributed by atoms with van der Waals surface area (Å²) in [6.07, 6.45) is 11.0. The molecule has 4 aliphatic rings. The van der Waals surface area contributed by atoms with Crippen molar-refractivity contribution in [3.8, 4) is 0 Å². The van der Waals surface area contributed by atoms with Crippen molar-refractivity contribution in [2.24, 2.45) is 28.6 Å². The van der Waals surface area contributed by atoms with Gasteiger partial charge in [-0.05, 0) is 98.5 Å². The van der Waals surface area contributed by atoms with Crippen LogP contribution < -0.4 is 5.63 Å². The van der Waals surface area contributed by atoms with Crippen molar-refractivity contribution in [2.45, 2.75) is 96.2 Å². The first-order chi connectivity index (χ1) is 15.7. The fraction of sp³-hybridized carbons (Fsp3) is 0.778. The maximum Gasteiger partial charge on any atom is 0.335 e.